The summed E-state index contributed by atoms with van der Waals surface area (Å²) < 4.78 is 15.4. The summed E-state index contributed by atoms with van der Waals surface area (Å²) in [4.78, 5) is 25.7. The van der Waals surface area contributed by atoms with E-state index in [1.54, 1.807) is 57.4 Å². The fourth-order valence-electron chi connectivity index (χ4n) is 2.64. The highest BCUT2D eigenvalue weighted by Crippen LogP contribution is 2.27. The Balaban J connectivity index is 1.94. The molecule has 0 bridgehead atoms. The van der Waals surface area contributed by atoms with Gasteiger partial charge in [0.15, 0.2) is 11.5 Å². The molecule has 2 amide bonds. The molecular weight excluding hydrogens is 360 g/mol. The molecule has 2 aromatic rings. The highest BCUT2D eigenvalue weighted by molar-refractivity contribution is 5.95. The highest BCUT2D eigenvalue weighted by atomic mass is 16.5. The average molecular weight is 386 g/mol. The summed E-state index contributed by atoms with van der Waals surface area (Å²) in [6.07, 6.45) is 0.166. The van der Waals surface area contributed by atoms with Gasteiger partial charge in [-0.15, -0.1) is 0 Å². The summed E-state index contributed by atoms with van der Waals surface area (Å²) in [6, 6.07) is 12.4. The summed E-state index contributed by atoms with van der Waals surface area (Å²) in [5, 5.41) is 2.60. The molecular formula is C21H26N2O5. The van der Waals surface area contributed by atoms with Gasteiger partial charge in [-0.3, -0.25) is 10.1 Å². The Kier molecular flexibility index (Phi) is 7.68. The molecule has 2 rings (SSSR count). The van der Waals surface area contributed by atoms with Gasteiger partial charge in [0.25, 0.3) is 5.91 Å². The summed E-state index contributed by atoms with van der Waals surface area (Å²) >= 11 is 0. The number of nitrogens with one attached hydrogen (secondary N) is 1. The van der Waals surface area contributed by atoms with Crippen molar-refractivity contribution in [1.29, 1.82) is 0 Å². The minimum Gasteiger partial charge on any atom is -0.493 e. The van der Waals surface area contributed by atoms with Crippen molar-refractivity contribution in [2.75, 3.05) is 39.7 Å². The molecule has 0 aromatic heterocycles. The van der Waals surface area contributed by atoms with Gasteiger partial charge in [0, 0.05) is 24.8 Å². The molecule has 7 nitrogen and oxygen atoms in total. The molecule has 28 heavy (non-hydrogen) atoms. The summed E-state index contributed by atoms with van der Waals surface area (Å²) in [6.45, 7) is 2.59. The van der Waals surface area contributed by atoms with Crippen molar-refractivity contribution in [2.45, 2.75) is 13.3 Å². The van der Waals surface area contributed by atoms with Gasteiger partial charge < -0.3 is 19.1 Å². The first-order valence-electron chi connectivity index (χ1n) is 8.98. The zero-order chi connectivity index (χ0) is 20.5. The van der Waals surface area contributed by atoms with E-state index in [4.69, 9.17) is 14.2 Å². The van der Waals surface area contributed by atoms with E-state index in [1.807, 2.05) is 18.2 Å². The van der Waals surface area contributed by atoms with Gasteiger partial charge in [0.05, 0.1) is 20.8 Å². The number of carbonyl (C=O) groups excluding carboxylic acids is 2. The topological polar surface area (TPSA) is 77.1 Å². The standard InChI is InChI=1S/C21H26N2O5/c1-5-28-21(25)22-17-9-7-16(8-10-17)20(24)23(2)13-12-15-6-11-18(26-3)19(14-15)27-4/h6-11,14H,5,12-13H2,1-4H3,(H,22,25). The number of ether oxygens (including phenoxy) is 3. The van der Waals surface area contributed by atoms with E-state index in [-0.39, 0.29) is 5.91 Å². The molecule has 2 aromatic carbocycles. The number of amides is 2. The first-order chi connectivity index (χ1) is 13.5. The third-order valence-corrected chi connectivity index (χ3v) is 4.18. The van der Waals surface area contributed by atoms with E-state index in [2.05, 4.69) is 5.32 Å². The van der Waals surface area contributed by atoms with E-state index in [9.17, 15) is 9.59 Å². The lowest BCUT2D eigenvalue weighted by Gasteiger charge is -2.18. The fourth-order valence-corrected chi connectivity index (χ4v) is 2.64. The van der Waals surface area contributed by atoms with Crippen LogP contribution in [0, 0.1) is 0 Å². The van der Waals surface area contributed by atoms with E-state index < -0.39 is 6.09 Å². The zero-order valence-electron chi connectivity index (χ0n) is 16.7. The number of nitrogens with zero attached hydrogens (tertiary/aromatic N) is 1. The number of rotatable bonds is 8. The number of hydrogen-bond acceptors (Lipinski definition) is 5. The van der Waals surface area contributed by atoms with Crippen molar-refractivity contribution in [3.63, 3.8) is 0 Å². The number of likely N-dealkylation sites (N-methyl/N-ethyl adjacent to an activating group) is 1. The van der Waals surface area contributed by atoms with Gasteiger partial charge in [-0.25, -0.2) is 4.79 Å². The maximum atomic E-state index is 12.6. The van der Waals surface area contributed by atoms with Crippen LogP contribution in [0.1, 0.15) is 22.8 Å². The minimum absolute atomic E-state index is 0.0943. The summed E-state index contributed by atoms with van der Waals surface area (Å²) in [7, 11) is 4.95. The average Bonchev–Trinajstić information content (AvgIpc) is 2.71. The second-order valence-corrected chi connectivity index (χ2v) is 6.09. The Morgan fingerprint density at radius 2 is 1.68 bits per heavy atom. The monoisotopic (exact) mass is 386 g/mol. The first-order valence-corrected chi connectivity index (χ1v) is 8.98. The number of methoxy groups -OCH3 is 2. The van der Waals surface area contributed by atoms with Gasteiger partial charge in [-0.1, -0.05) is 6.07 Å². The molecule has 0 aliphatic heterocycles. The maximum absolute atomic E-state index is 12.6. The Hall–Kier alpha value is -3.22. The Morgan fingerprint density at radius 3 is 2.29 bits per heavy atom. The van der Waals surface area contributed by atoms with Crippen LogP contribution in [-0.4, -0.2) is 51.3 Å². The molecule has 0 atom stereocenters. The molecule has 0 spiro atoms. The van der Waals surface area contributed by atoms with Crippen molar-refractivity contribution in [2.24, 2.45) is 0 Å². The highest BCUT2D eigenvalue weighted by Gasteiger charge is 2.13. The number of benzene rings is 2. The number of hydrogen-bond donors (Lipinski definition) is 1. The second-order valence-electron chi connectivity index (χ2n) is 6.09. The number of anilines is 1. The first kappa shape index (κ1) is 21.1. The Bertz CT molecular complexity index is 805. The summed E-state index contributed by atoms with van der Waals surface area (Å²) in [5.74, 6) is 1.24. The predicted molar refractivity (Wildman–Crippen MR) is 107 cm³/mol. The molecule has 0 aliphatic carbocycles. The van der Waals surface area contributed by atoms with Crippen LogP contribution in [0.5, 0.6) is 11.5 Å². The van der Waals surface area contributed by atoms with Crippen LogP contribution in [0.4, 0.5) is 10.5 Å². The molecule has 0 saturated heterocycles. The lowest BCUT2D eigenvalue weighted by molar-refractivity contribution is 0.0796. The van der Waals surface area contributed by atoms with Crippen molar-refractivity contribution >= 4 is 17.7 Å². The van der Waals surface area contributed by atoms with Crippen LogP contribution in [0.15, 0.2) is 42.5 Å². The molecule has 0 aliphatic rings. The Morgan fingerprint density at radius 1 is 1.00 bits per heavy atom. The third-order valence-electron chi connectivity index (χ3n) is 4.18. The molecule has 150 valence electrons. The molecule has 0 heterocycles. The second kappa shape index (κ2) is 10.2. The van der Waals surface area contributed by atoms with Gasteiger partial charge in [-0.2, -0.15) is 0 Å². The molecule has 7 heteroatoms. The largest absolute Gasteiger partial charge is 0.493 e. The van der Waals surface area contributed by atoms with Gasteiger partial charge >= 0.3 is 6.09 Å². The van der Waals surface area contributed by atoms with Crippen LogP contribution >= 0.6 is 0 Å². The van der Waals surface area contributed by atoms with Crippen molar-refractivity contribution in [3.8, 4) is 11.5 Å². The van der Waals surface area contributed by atoms with E-state index in [0.29, 0.717) is 42.3 Å². The van der Waals surface area contributed by atoms with Gasteiger partial charge in [0.1, 0.15) is 0 Å². The van der Waals surface area contributed by atoms with Crippen LogP contribution in [-0.2, 0) is 11.2 Å². The number of carbonyl (C=O) groups is 2. The molecule has 0 radical (unpaired) electrons. The van der Waals surface area contributed by atoms with Gasteiger partial charge in [-0.05, 0) is 55.3 Å². The lowest BCUT2D eigenvalue weighted by Crippen LogP contribution is -2.28. The fraction of sp³-hybridized carbons (Fsp3) is 0.333. The smallest absolute Gasteiger partial charge is 0.411 e. The van der Waals surface area contributed by atoms with E-state index in [0.717, 1.165) is 5.56 Å². The molecule has 1 N–H and O–H groups in total. The van der Waals surface area contributed by atoms with Crippen molar-refractivity contribution < 1.29 is 23.8 Å². The predicted octanol–water partition coefficient (Wildman–Crippen LogP) is 3.59. The van der Waals surface area contributed by atoms with Crippen LogP contribution in [0.3, 0.4) is 0 Å². The van der Waals surface area contributed by atoms with Crippen LogP contribution in [0.25, 0.3) is 0 Å². The van der Waals surface area contributed by atoms with Crippen LogP contribution in [0.2, 0.25) is 0 Å². The van der Waals surface area contributed by atoms with Gasteiger partial charge in [0.2, 0.25) is 0 Å². The quantitative estimate of drug-likeness (QED) is 0.750. The van der Waals surface area contributed by atoms with Crippen LogP contribution < -0.4 is 14.8 Å². The minimum atomic E-state index is -0.520. The lowest BCUT2D eigenvalue weighted by atomic mass is 10.1. The SMILES string of the molecule is CCOC(=O)Nc1ccc(C(=O)N(C)CCc2ccc(OC)c(OC)c2)cc1. The zero-order valence-corrected chi connectivity index (χ0v) is 16.7. The molecule has 0 unspecified atom stereocenters. The van der Waals surface area contributed by atoms with E-state index >= 15 is 0 Å². The molecule has 0 saturated carbocycles. The summed E-state index contributed by atoms with van der Waals surface area (Å²) in [5.41, 5.74) is 2.17. The third kappa shape index (κ3) is 5.64. The Labute approximate surface area is 165 Å². The molecule has 0 fully saturated rings. The van der Waals surface area contributed by atoms with E-state index in [1.165, 1.54) is 0 Å². The van der Waals surface area contributed by atoms with Crippen molar-refractivity contribution in [3.05, 3.63) is 53.6 Å². The normalized spacial score (nSPS) is 10.1. The maximum Gasteiger partial charge on any atom is 0.411 e. The van der Waals surface area contributed by atoms with Crippen molar-refractivity contribution in [1.82, 2.24) is 4.90 Å².